The first kappa shape index (κ1) is 15.4. The molecule has 0 aromatic carbocycles. The van der Waals surface area contributed by atoms with Gasteiger partial charge in [0.25, 0.3) is 0 Å². The number of hydrogen-bond acceptors (Lipinski definition) is 4. The molecule has 0 aliphatic heterocycles. The summed E-state index contributed by atoms with van der Waals surface area (Å²) in [5, 5.41) is 7.86. The van der Waals surface area contributed by atoms with Crippen LogP contribution in [0.4, 0.5) is 0 Å². The van der Waals surface area contributed by atoms with Crippen molar-refractivity contribution in [2.75, 3.05) is 6.26 Å². The predicted molar refractivity (Wildman–Crippen MR) is 69.0 cm³/mol. The summed E-state index contributed by atoms with van der Waals surface area (Å²) < 4.78 is 0. The number of Topliss-reactive ketones (excluding diaryl/α,β-unsaturated/α-hetero) is 1. The van der Waals surface area contributed by atoms with E-state index in [2.05, 4.69) is 10.2 Å². The van der Waals surface area contributed by atoms with E-state index in [0.29, 0.717) is 17.3 Å². The molecule has 0 fully saturated rings. The highest BCUT2D eigenvalue weighted by atomic mass is 127. The van der Waals surface area contributed by atoms with Crippen LogP contribution < -0.4 is 5.73 Å². The van der Waals surface area contributed by atoms with Crippen molar-refractivity contribution in [3.63, 3.8) is 0 Å². The summed E-state index contributed by atoms with van der Waals surface area (Å²) >= 11 is 1.32. The third-order valence-corrected chi connectivity index (χ3v) is 1.53. The van der Waals surface area contributed by atoms with Crippen LogP contribution in [0.2, 0.25) is 0 Å². The molecule has 6 heteroatoms. The summed E-state index contributed by atoms with van der Waals surface area (Å²) in [5.74, 6) is 0.0779. The van der Waals surface area contributed by atoms with Gasteiger partial charge in [0.15, 0.2) is 5.17 Å². The van der Waals surface area contributed by atoms with Gasteiger partial charge in [0.05, 0.1) is 0 Å². The van der Waals surface area contributed by atoms with E-state index in [1.54, 1.807) is 6.92 Å². The van der Waals surface area contributed by atoms with Crippen molar-refractivity contribution in [3.8, 4) is 0 Å². The molecule has 0 amide bonds. The Balaban J connectivity index is 0. The first-order valence-corrected chi connectivity index (χ1v) is 4.68. The zero-order valence-electron chi connectivity index (χ0n) is 7.90. The van der Waals surface area contributed by atoms with E-state index in [-0.39, 0.29) is 29.8 Å². The maximum atomic E-state index is 10.6. The summed E-state index contributed by atoms with van der Waals surface area (Å²) in [6, 6.07) is 0. The van der Waals surface area contributed by atoms with Crippen LogP contribution in [-0.2, 0) is 4.79 Å². The molecule has 0 spiro atoms. The lowest BCUT2D eigenvalue weighted by molar-refractivity contribution is -0.115. The molecule has 0 aromatic heterocycles. The average molecular weight is 315 g/mol. The van der Waals surface area contributed by atoms with Gasteiger partial charge in [-0.3, -0.25) is 4.79 Å². The monoisotopic (exact) mass is 315 g/mol. The minimum absolute atomic E-state index is 0. The van der Waals surface area contributed by atoms with Crippen LogP contribution in [0.5, 0.6) is 0 Å². The molecular weight excluding hydrogens is 301 g/mol. The molecule has 13 heavy (non-hydrogen) atoms. The van der Waals surface area contributed by atoms with Crippen molar-refractivity contribution in [1.82, 2.24) is 0 Å². The Morgan fingerprint density at radius 1 is 1.38 bits per heavy atom. The Kier molecular flexibility index (Phi) is 10.0. The molecule has 0 radical (unpaired) electrons. The topological polar surface area (TPSA) is 67.8 Å². The van der Waals surface area contributed by atoms with E-state index in [0.717, 1.165) is 0 Å². The van der Waals surface area contributed by atoms with Crippen molar-refractivity contribution in [2.24, 2.45) is 15.9 Å². The molecule has 0 aliphatic rings. The minimum Gasteiger partial charge on any atom is -0.377 e. The Hall–Kier alpha value is -0.110. The first-order valence-electron chi connectivity index (χ1n) is 3.46. The summed E-state index contributed by atoms with van der Waals surface area (Å²) in [5.41, 5.74) is 6.05. The smallest absolute Gasteiger partial charge is 0.180 e. The van der Waals surface area contributed by atoms with Gasteiger partial charge < -0.3 is 5.73 Å². The summed E-state index contributed by atoms with van der Waals surface area (Å²) in [6.45, 7) is 3.26. The van der Waals surface area contributed by atoms with Gasteiger partial charge in [0.2, 0.25) is 0 Å². The van der Waals surface area contributed by atoms with Crippen LogP contribution in [0.25, 0.3) is 0 Å². The zero-order valence-corrected chi connectivity index (χ0v) is 11.1. The Labute approximate surface area is 99.5 Å². The van der Waals surface area contributed by atoms with Gasteiger partial charge in [-0.2, -0.15) is 5.10 Å². The van der Waals surface area contributed by atoms with Crippen LogP contribution >= 0.6 is 35.7 Å². The number of carbonyl (C=O) groups is 1. The molecule has 0 bridgehead atoms. The second-order valence-corrected chi connectivity index (χ2v) is 3.18. The van der Waals surface area contributed by atoms with E-state index < -0.39 is 0 Å². The van der Waals surface area contributed by atoms with Gasteiger partial charge in [-0.05, 0) is 20.1 Å². The predicted octanol–water partition coefficient (Wildman–Crippen LogP) is 1.64. The van der Waals surface area contributed by atoms with Gasteiger partial charge >= 0.3 is 0 Å². The molecule has 76 valence electrons. The fourth-order valence-electron chi connectivity index (χ4n) is 0.571. The van der Waals surface area contributed by atoms with E-state index in [4.69, 9.17) is 5.73 Å². The number of hydrogen-bond donors (Lipinski definition) is 1. The molecular formula is C7H14IN3OS. The summed E-state index contributed by atoms with van der Waals surface area (Å²) in [7, 11) is 0. The van der Waals surface area contributed by atoms with Crippen molar-refractivity contribution in [2.45, 2.75) is 20.3 Å². The second kappa shape index (κ2) is 8.49. The highest BCUT2D eigenvalue weighted by Crippen LogP contribution is 1.94. The first-order chi connectivity index (χ1) is 5.56. The van der Waals surface area contributed by atoms with E-state index >= 15 is 0 Å². The van der Waals surface area contributed by atoms with Crippen molar-refractivity contribution in [3.05, 3.63) is 0 Å². The Morgan fingerprint density at radius 3 is 2.31 bits per heavy atom. The molecule has 0 saturated heterocycles. The number of nitrogens with zero attached hydrogens (tertiary/aromatic N) is 2. The number of amidine groups is 1. The number of halogens is 1. The summed E-state index contributed by atoms with van der Waals surface area (Å²) in [4.78, 5) is 10.6. The lowest BCUT2D eigenvalue weighted by Gasteiger charge is -1.93. The number of thioether (sulfide) groups is 1. The fourth-order valence-corrected chi connectivity index (χ4v) is 0.694. The van der Waals surface area contributed by atoms with Crippen LogP contribution in [0.3, 0.4) is 0 Å². The molecule has 0 aliphatic carbocycles. The second-order valence-electron chi connectivity index (χ2n) is 2.36. The quantitative estimate of drug-likeness (QED) is 0.372. The van der Waals surface area contributed by atoms with Crippen molar-refractivity contribution < 1.29 is 4.79 Å². The molecule has 2 N–H and O–H groups in total. The number of nitrogens with two attached hydrogens (primary N) is 1. The molecule has 0 aromatic rings. The molecule has 0 heterocycles. The third-order valence-electron chi connectivity index (χ3n) is 1.03. The van der Waals surface area contributed by atoms with Gasteiger partial charge in [0, 0.05) is 12.1 Å². The Morgan fingerprint density at radius 2 is 1.92 bits per heavy atom. The maximum absolute atomic E-state index is 10.6. The van der Waals surface area contributed by atoms with Crippen molar-refractivity contribution >= 4 is 52.4 Å². The largest absolute Gasteiger partial charge is 0.377 e. The highest BCUT2D eigenvalue weighted by molar-refractivity contribution is 14.0. The minimum atomic E-state index is 0. The number of ketones is 1. The number of carbonyl (C=O) groups excluding carboxylic acids is 1. The summed E-state index contributed by atoms with van der Waals surface area (Å²) in [6.07, 6.45) is 2.15. The maximum Gasteiger partial charge on any atom is 0.180 e. The lowest BCUT2D eigenvalue weighted by atomic mass is 10.2. The van der Waals surface area contributed by atoms with Crippen LogP contribution in [0.15, 0.2) is 10.2 Å². The highest BCUT2D eigenvalue weighted by Gasteiger charge is 1.95. The normalized spacial score (nSPS) is 12.2. The van der Waals surface area contributed by atoms with Crippen LogP contribution in [0, 0.1) is 0 Å². The molecule has 0 rings (SSSR count). The van der Waals surface area contributed by atoms with Gasteiger partial charge in [0.1, 0.15) is 5.78 Å². The van der Waals surface area contributed by atoms with Crippen LogP contribution in [0.1, 0.15) is 20.3 Å². The van der Waals surface area contributed by atoms with Crippen LogP contribution in [-0.4, -0.2) is 22.9 Å². The molecule has 0 saturated carbocycles. The zero-order chi connectivity index (χ0) is 9.56. The molecule has 0 unspecified atom stereocenters. The van der Waals surface area contributed by atoms with Crippen molar-refractivity contribution in [1.29, 1.82) is 0 Å². The van der Waals surface area contributed by atoms with Gasteiger partial charge in [-0.1, -0.05) is 11.8 Å². The molecule has 4 nitrogen and oxygen atoms in total. The lowest BCUT2D eigenvalue weighted by Crippen LogP contribution is -2.05. The SMILES string of the molecule is CS/C(N)=N/N=C(C)CC(C)=O.I. The Bertz CT molecular complexity index is 228. The average Bonchev–Trinajstić information content (AvgIpc) is 1.99. The standard InChI is InChI=1S/C7H13N3OS.HI/c1-5(4-6(2)11)9-10-7(8)12-3;/h4H2,1-3H3,(H2,8,10);1H. The van der Waals surface area contributed by atoms with E-state index in [1.165, 1.54) is 18.7 Å². The van der Waals surface area contributed by atoms with Gasteiger partial charge in [-0.25, -0.2) is 0 Å². The third kappa shape index (κ3) is 9.81. The molecule has 0 atom stereocenters. The van der Waals surface area contributed by atoms with E-state index in [9.17, 15) is 4.79 Å². The fraction of sp³-hybridized carbons (Fsp3) is 0.571. The van der Waals surface area contributed by atoms with E-state index in [1.807, 2.05) is 6.26 Å². The van der Waals surface area contributed by atoms with Gasteiger partial charge in [-0.15, -0.1) is 29.1 Å². The number of rotatable bonds is 3.